The van der Waals surface area contributed by atoms with E-state index in [1.54, 1.807) is 13.0 Å². The third-order valence-corrected chi connectivity index (χ3v) is 9.58. The molecule has 160 valence electrons. The van der Waals surface area contributed by atoms with Crippen LogP contribution >= 0.6 is 11.6 Å². The van der Waals surface area contributed by atoms with Crippen LogP contribution in [-0.4, -0.2) is 50.3 Å². The number of carbonyl (C=O) groups excluding carboxylic acids is 1. The van der Waals surface area contributed by atoms with Crippen molar-refractivity contribution < 1.29 is 29.3 Å². The van der Waals surface area contributed by atoms with Crippen molar-refractivity contribution in [1.82, 2.24) is 0 Å². The Labute approximate surface area is 174 Å². The average molecular weight is 427 g/mol. The van der Waals surface area contributed by atoms with Crippen molar-refractivity contribution in [3.05, 3.63) is 23.8 Å². The fraction of sp³-hybridized carbons (Fsp3) is 0.727. The van der Waals surface area contributed by atoms with Crippen LogP contribution in [0.4, 0.5) is 4.39 Å². The maximum Gasteiger partial charge on any atom is 0.332 e. The lowest BCUT2D eigenvalue weighted by Crippen LogP contribution is -2.68. The summed E-state index contributed by atoms with van der Waals surface area (Å²) in [4.78, 5) is 22.2. The minimum atomic E-state index is -1.54. The van der Waals surface area contributed by atoms with Crippen molar-refractivity contribution in [2.75, 3.05) is 0 Å². The number of hydrogen-bond donors (Lipinski definition) is 3. The van der Waals surface area contributed by atoms with Crippen LogP contribution < -0.4 is 0 Å². The zero-order valence-electron chi connectivity index (χ0n) is 16.8. The van der Waals surface area contributed by atoms with Crippen LogP contribution in [-0.2, 0) is 9.59 Å². The largest absolute Gasteiger partial charge is 0.479 e. The van der Waals surface area contributed by atoms with Gasteiger partial charge in [0, 0.05) is 11.3 Å². The van der Waals surface area contributed by atoms with Crippen LogP contribution in [0.15, 0.2) is 23.8 Å². The summed E-state index contributed by atoms with van der Waals surface area (Å²) in [5.41, 5.74) is -1.38. The molecule has 0 amide bonds. The predicted octanol–water partition coefficient (Wildman–Crippen LogP) is 2.88. The molecule has 4 unspecified atom stereocenters. The number of rotatable bonds is 2. The predicted molar refractivity (Wildman–Crippen MR) is 105 cm³/mol. The van der Waals surface area contributed by atoms with Gasteiger partial charge in [-0.2, -0.15) is 0 Å². The molecular formula is C22H28ClFO5. The van der Waals surface area contributed by atoms with Crippen LogP contribution in [0, 0.1) is 34.5 Å². The molecule has 0 aromatic heterocycles. The van der Waals surface area contributed by atoms with Crippen molar-refractivity contribution in [1.29, 1.82) is 0 Å². The van der Waals surface area contributed by atoms with Gasteiger partial charge in [-0.15, -0.1) is 11.6 Å². The molecule has 0 saturated heterocycles. The van der Waals surface area contributed by atoms with Crippen LogP contribution in [0.1, 0.15) is 40.0 Å². The van der Waals surface area contributed by atoms with E-state index in [-0.39, 0.29) is 30.5 Å². The summed E-state index contributed by atoms with van der Waals surface area (Å²) >= 11 is 7.22. The minimum absolute atomic E-state index is 0.0754. The Morgan fingerprint density at radius 3 is 2.59 bits per heavy atom. The van der Waals surface area contributed by atoms with Gasteiger partial charge in [0.25, 0.3) is 0 Å². The van der Waals surface area contributed by atoms with E-state index < -0.39 is 51.9 Å². The summed E-state index contributed by atoms with van der Waals surface area (Å²) in [7, 11) is 0. The first-order valence-corrected chi connectivity index (χ1v) is 10.6. The fourth-order valence-electron chi connectivity index (χ4n) is 7.43. The van der Waals surface area contributed by atoms with Gasteiger partial charge in [-0.1, -0.05) is 26.8 Å². The lowest BCUT2D eigenvalue weighted by atomic mass is 9.45. The normalized spacial score (nSPS) is 52.2. The first kappa shape index (κ1) is 21.0. The van der Waals surface area contributed by atoms with Gasteiger partial charge in [-0.25, -0.2) is 9.18 Å². The molecule has 5 nitrogen and oxygen atoms in total. The molecule has 0 aliphatic heterocycles. The fourth-order valence-corrected chi connectivity index (χ4v) is 7.92. The van der Waals surface area contributed by atoms with E-state index >= 15 is 4.39 Å². The topological polar surface area (TPSA) is 94.8 Å². The molecule has 0 aromatic carbocycles. The van der Waals surface area contributed by atoms with Gasteiger partial charge in [0.1, 0.15) is 6.17 Å². The zero-order valence-corrected chi connectivity index (χ0v) is 17.6. The number of carboxylic acids is 1. The molecule has 0 heterocycles. The second-order valence-electron chi connectivity index (χ2n) is 9.97. The molecule has 4 aliphatic carbocycles. The molecule has 29 heavy (non-hydrogen) atoms. The molecule has 0 bridgehead atoms. The third-order valence-electron chi connectivity index (χ3n) is 8.66. The van der Waals surface area contributed by atoms with Gasteiger partial charge in [0.05, 0.1) is 11.0 Å². The van der Waals surface area contributed by atoms with E-state index in [1.807, 2.05) is 13.8 Å². The van der Waals surface area contributed by atoms with E-state index in [4.69, 9.17) is 11.6 Å². The Morgan fingerprint density at radius 2 is 1.97 bits per heavy atom. The van der Waals surface area contributed by atoms with Gasteiger partial charge in [-0.3, -0.25) is 4.79 Å². The smallest absolute Gasteiger partial charge is 0.332 e. The third kappa shape index (κ3) is 2.52. The van der Waals surface area contributed by atoms with Crippen LogP contribution in [0.3, 0.4) is 0 Å². The first-order chi connectivity index (χ1) is 13.4. The SMILES string of the molecule is CC1C[C@H]2[C@@H]3CC(F)C4=CC(=O)C=C[C@]4(C)[C@@]3(Cl)C(O)C[C@]2(C)[C@H]1C(O)C(=O)O. The molecule has 0 radical (unpaired) electrons. The highest BCUT2D eigenvalue weighted by atomic mass is 35.5. The maximum atomic E-state index is 15.3. The van der Waals surface area contributed by atoms with E-state index in [1.165, 1.54) is 12.2 Å². The van der Waals surface area contributed by atoms with Gasteiger partial charge in [0.2, 0.25) is 0 Å². The lowest BCUT2D eigenvalue weighted by Gasteiger charge is -2.63. The quantitative estimate of drug-likeness (QED) is 0.590. The molecule has 0 aromatic rings. The molecule has 4 aliphatic rings. The number of carbonyl (C=O) groups is 2. The second-order valence-corrected chi connectivity index (χ2v) is 10.6. The summed E-state index contributed by atoms with van der Waals surface area (Å²) in [6.45, 7) is 5.59. The highest BCUT2D eigenvalue weighted by Gasteiger charge is 2.71. The monoisotopic (exact) mass is 426 g/mol. The summed E-state index contributed by atoms with van der Waals surface area (Å²) in [5.74, 6) is -2.77. The van der Waals surface area contributed by atoms with Crippen LogP contribution in [0.25, 0.3) is 0 Å². The summed E-state index contributed by atoms with van der Waals surface area (Å²) in [5, 5.41) is 31.2. The number of allylic oxidation sites excluding steroid dienone is 4. The Balaban J connectivity index is 1.82. The molecule has 3 saturated carbocycles. The van der Waals surface area contributed by atoms with Crippen LogP contribution in [0.2, 0.25) is 0 Å². The average Bonchev–Trinajstić information content (AvgIpc) is 2.89. The van der Waals surface area contributed by atoms with Crippen molar-refractivity contribution in [2.45, 2.75) is 63.3 Å². The molecular weight excluding hydrogens is 399 g/mol. The van der Waals surface area contributed by atoms with Gasteiger partial charge in [0.15, 0.2) is 11.9 Å². The number of aliphatic carboxylic acids is 1. The molecule has 4 rings (SSSR count). The number of aliphatic hydroxyl groups excluding tert-OH is 2. The molecule has 7 heteroatoms. The number of hydrogen-bond acceptors (Lipinski definition) is 4. The van der Waals surface area contributed by atoms with E-state index in [2.05, 4.69) is 0 Å². The number of aliphatic hydroxyl groups is 2. The second kappa shape index (κ2) is 6.38. The minimum Gasteiger partial charge on any atom is -0.479 e. The summed E-state index contributed by atoms with van der Waals surface area (Å²) in [6.07, 6.45) is 1.29. The Hall–Kier alpha value is -1.24. The number of fused-ring (bicyclic) bond motifs is 5. The van der Waals surface area contributed by atoms with Crippen molar-refractivity contribution in [3.63, 3.8) is 0 Å². The standard InChI is InChI=1S/C22H28ClFO5/c1-10-6-12-13-8-15(24)14-7-11(25)4-5-21(14,3)22(13,23)16(26)9-20(12,2)17(10)18(27)19(28)29/h4-5,7,10,12-13,15-18,26-27H,6,8-9H2,1-3H3,(H,28,29)/t10?,12-,13-,15?,16?,17+,18?,20-,21-,22-/m0/s1. The van der Waals surface area contributed by atoms with Gasteiger partial charge in [-0.05, 0) is 60.2 Å². The number of carboxylic acid groups (broad SMARTS) is 1. The molecule has 3 fully saturated rings. The Kier molecular flexibility index (Phi) is 4.62. The van der Waals surface area contributed by atoms with Gasteiger partial charge >= 0.3 is 5.97 Å². The number of alkyl halides is 2. The Bertz CT molecular complexity index is 826. The van der Waals surface area contributed by atoms with Crippen molar-refractivity contribution >= 4 is 23.4 Å². The number of ketones is 1. The molecule has 10 atom stereocenters. The zero-order chi connectivity index (χ0) is 21.5. The first-order valence-electron chi connectivity index (χ1n) is 10.2. The highest BCUT2D eigenvalue weighted by molar-refractivity contribution is 6.26. The van der Waals surface area contributed by atoms with Gasteiger partial charge < -0.3 is 15.3 Å². The maximum absolute atomic E-state index is 15.3. The highest BCUT2D eigenvalue weighted by Crippen LogP contribution is 2.71. The van der Waals surface area contributed by atoms with Crippen molar-refractivity contribution in [2.24, 2.45) is 34.5 Å². The van der Waals surface area contributed by atoms with E-state index in [9.17, 15) is 24.9 Å². The summed E-state index contributed by atoms with van der Waals surface area (Å²) in [6, 6.07) is 0. The van der Waals surface area contributed by atoms with E-state index in [0.717, 1.165) is 0 Å². The van der Waals surface area contributed by atoms with Crippen molar-refractivity contribution in [3.8, 4) is 0 Å². The lowest BCUT2D eigenvalue weighted by molar-refractivity contribution is -0.160. The molecule has 0 spiro atoms. The van der Waals surface area contributed by atoms with Crippen LogP contribution in [0.5, 0.6) is 0 Å². The number of halogens is 2. The summed E-state index contributed by atoms with van der Waals surface area (Å²) < 4.78 is 15.3. The molecule has 3 N–H and O–H groups in total. The Morgan fingerprint density at radius 1 is 1.31 bits per heavy atom. The van der Waals surface area contributed by atoms with E-state index in [0.29, 0.717) is 12.0 Å².